The van der Waals surface area contributed by atoms with E-state index in [1.54, 1.807) is 47.2 Å². The number of piperazine rings is 1. The number of nitrogens with zero attached hydrogens (tertiary/aromatic N) is 4. The fraction of sp³-hybridized carbons (Fsp3) is 0.613. The number of amides is 2. The Kier molecular flexibility index (Phi) is 10.1. The summed E-state index contributed by atoms with van der Waals surface area (Å²) in [6.45, 7) is 12.1. The number of benzene rings is 1. The summed E-state index contributed by atoms with van der Waals surface area (Å²) >= 11 is 3.24. The van der Waals surface area contributed by atoms with Gasteiger partial charge < -0.3 is 24.6 Å². The Bertz CT molecular complexity index is 1290. The van der Waals surface area contributed by atoms with Crippen molar-refractivity contribution >= 4 is 45.8 Å². The summed E-state index contributed by atoms with van der Waals surface area (Å²) < 4.78 is 10.9. The number of rotatable bonds is 10. The highest BCUT2D eigenvalue weighted by atomic mass is 32.2. The number of ether oxygens (including phenoxy) is 2. The first kappa shape index (κ1) is 31.9. The van der Waals surface area contributed by atoms with Crippen molar-refractivity contribution in [3.63, 3.8) is 0 Å². The highest BCUT2D eigenvalue weighted by Gasteiger charge is 2.53. The van der Waals surface area contributed by atoms with E-state index >= 15 is 0 Å². The van der Waals surface area contributed by atoms with E-state index in [0.717, 1.165) is 55.7 Å². The number of thiazole rings is 1. The van der Waals surface area contributed by atoms with Crippen LogP contribution in [0.25, 0.3) is 11.3 Å². The maximum Gasteiger partial charge on any atom is 0.251 e. The Morgan fingerprint density at radius 1 is 1.19 bits per heavy atom. The molecule has 3 aliphatic heterocycles. The maximum atomic E-state index is 13.9. The fourth-order valence-electron chi connectivity index (χ4n) is 6.02. The highest BCUT2D eigenvalue weighted by Crippen LogP contribution is 2.35. The first-order chi connectivity index (χ1) is 20.6. The third-order valence-corrected chi connectivity index (χ3v) is 10.3. The van der Waals surface area contributed by atoms with E-state index in [4.69, 9.17) is 14.5 Å². The van der Waals surface area contributed by atoms with Crippen LogP contribution in [0, 0.1) is 5.41 Å². The van der Waals surface area contributed by atoms with Gasteiger partial charge in [0.05, 0.1) is 23.7 Å². The second-order valence-electron chi connectivity index (χ2n) is 12.7. The molecule has 43 heavy (non-hydrogen) atoms. The van der Waals surface area contributed by atoms with Crippen LogP contribution in [-0.2, 0) is 19.1 Å². The van der Waals surface area contributed by atoms with Gasteiger partial charge in [-0.15, -0.1) is 11.3 Å². The summed E-state index contributed by atoms with van der Waals surface area (Å²) in [6, 6.07) is 6.03. The van der Waals surface area contributed by atoms with Gasteiger partial charge >= 0.3 is 0 Å². The predicted molar refractivity (Wildman–Crippen MR) is 171 cm³/mol. The Balaban J connectivity index is 1.24. The number of thioether (sulfide) groups is 1. The number of carbonyl (C=O) groups excluding carboxylic acids is 3. The lowest BCUT2D eigenvalue weighted by atomic mass is 9.87. The van der Waals surface area contributed by atoms with Crippen LogP contribution >= 0.6 is 23.1 Å². The smallest absolute Gasteiger partial charge is 0.251 e. The van der Waals surface area contributed by atoms with Crippen LogP contribution in [0.5, 0.6) is 0 Å². The molecule has 5 rings (SSSR count). The van der Waals surface area contributed by atoms with E-state index in [1.165, 1.54) is 0 Å². The summed E-state index contributed by atoms with van der Waals surface area (Å²) in [6.07, 6.45) is 2.13. The fourth-order valence-corrected chi connectivity index (χ4v) is 7.71. The van der Waals surface area contributed by atoms with Crippen molar-refractivity contribution in [3.8, 4) is 11.3 Å². The quantitative estimate of drug-likeness (QED) is 0.425. The third-order valence-electron chi connectivity index (χ3n) is 8.33. The number of nitrogens with one attached hydrogen (secondary N) is 1. The maximum absolute atomic E-state index is 13.9. The number of likely N-dealkylation sites (tertiary alicyclic amines) is 1. The molecule has 10 nitrogen and oxygen atoms in total. The summed E-state index contributed by atoms with van der Waals surface area (Å²) in [5, 5.41) is 6.09. The largest absolute Gasteiger partial charge is 0.383 e. The number of carbonyl (C=O) groups is 3. The summed E-state index contributed by atoms with van der Waals surface area (Å²) in [5.41, 5.74) is 2.07. The zero-order chi connectivity index (χ0) is 30.7. The Hall–Kier alpha value is -2.51. The molecule has 1 N–H and O–H groups in total. The molecule has 1 unspecified atom stereocenters. The van der Waals surface area contributed by atoms with Gasteiger partial charge in [-0.3, -0.25) is 19.3 Å². The van der Waals surface area contributed by atoms with Gasteiger partial charge in [-0.05, 0) is 30.2 Å². The monoisotopic (exact) mass is 629 g/mol. The molecular weight excluding hydrogens is 587 g/mol. The minimum absolute atomic E-state index is 0.0326. The van der Waals surface area contributed by atoms with Gasteiger partial charge in [0.15, 0.2) is 10.9 Å². The van der Waals surface area contributed by atoms with E-state index in [0.29, 0.717) is 18.5 Å². The molecule has 2 aromatic rings. The number of ketones is 1. The number of hydrogen-bond donors (Lipinski definition) is 1. The van der Waals surface area contributed by atoms with Crippen LogP contribution in [0.2, 0.25) is 0 Å². The van der Waals surface area contributed by atoms with Crippen molar-refractivity contribution in [2.75, 3.05) is 70.7 Å². The van der Waals surface area contributed by atoms with Crippen LogP contribution < -0.4 is 10.2 Å². The van der Waals surface area contributed by atoms with Crippen LogP contribution in [-0.4, -0.2) is 122 Å². The van der Waals surface area contributed by atoms with E-state index < -0.39 is 12.1 Å². The van der Waals surface area contributed by atoms with Gasteiger partial charge in [0.1, 0.15) is 18.7 Å². The molecule has 1 aromatic carbocycles. The number of hydrogen-bond acceptors (Lipinski definition) is 10. The zero-order valence-corrected chi connectivity index (χ0v) is 27.3. The highest BCUT2D eigenvalue weighted by molar-refractivity contribution is 7.99. The molecule has 0 bridgehead atoms. The second kappa shape index (κ2) is 13.6. The van der Waals surface area contributed by atoms with Crippen molar-refractivity contribution in [1.29, 1.82) is 0 Å². The molecule has 3 saturated heterocycles. The first-order valence-corrected chi connectivity index (χ1v) is 17.1. The molecular formula is C31H43N5O5S2. The Labute approximate surface area is 262 Å². The van der Waals surface area contributed by atoms with Gasteiger partial charge in [-0.1, -0.05) is 32.9 Å². The van der Waals surface area contributed by atoms with Crippen molar-refractivity contribution in [1.82, 2.24) is 20.1 Å². The van der Waals surface area contributed by atoms with E-state index in [1.807, 2.05) is 39.2 Å². The van der Waals surface area contributed by atoms with E-state index in [2.05, 4.69) is 20.5 Å². The molecule has 1 aromatic heterocycles. The number of methoxy groups -OCH3 is 1. The molecule has 3 aliphatic rings. The first-order valence-electron chi connectivity index (χ1n) is 14.9. The van der Waals surface area contributed by atoms with Gasteiger partial charge in [0.25, 0.3) is 5.91 Å². The minimum atomic E-state index is -0.752. The molecule has 4 heterocycles. The molecule has 12 heteroatoms. The summed E-state index contributed by atoms with van der Waals surface area (Å²) in [5.74, 6) is -0.605. The molecule has 0 saturated carbocycles. The summed E-state index contributed by atoms with van der Waals surface area (Å²) in [4.78, 5) is 51.2. The zero-order valence-electron chi connectivity index (χ0n) is 25.7. The lowest BCUT2D eigenvalue weighted by Crippen LogP contribution is -2.53. The van der Waals surface area contributed by atoms with Gasteiger partial charge in [0, 0.05) is 62.9 Å². The predicted octanol–water partition coefficient (Wildman–Crippen LogP) is 3.02. The average Bonchev–Trinajstić information content (AvgIpc) is 3.72. The molecule has 0 radical (unpaired) electrons. The van der Waals surface area contributed by atoms with Crippen molar-refractivity contribution in [3.05, 3.63) is 35.2 Å². The number of aromatic nitrogens is 1. The van der Waals surface area contributed by atoms with Crippen LogP contribution in [0.4, 0.5) is 5.13 Å². The SMILES string of the molecule is COCCN1CCN(c2nc(-c3ccc(C(=O)NC(CC(C)(C)C)C(=O)N4C[C@H](SC)[C@H]5OCC(=O)[C@H]54)cc3)cs2)CC1. The molecule has 2 amide bonds. The molecule has 4 atom stereocenters. The van der Waals surface area contributed by atoms with Gasteiger partial charge in [0.2, 0.25) is 5.91 Å². The average molecular weight is 630 g/mol. The van der Waals surface area contributed by atoms with Crippen LogP contribution in [0.3, 0.4) is 0 Å². The number of Topliss-reactive ketones (excluding diaryl/α,β-unsaturated/α-hetero) is 1. The van der Waals surface area contributed by atoms with Gasteiger partial charge in [-0.2, -0.15) is 11.8 Å². The van der Waals surface area contributed by atoms with Crippen molar-refractivity contribution < 1.29 is 23.9 Å². The van der Waals surface area contributed by atoms with Gasteiger partial charge in [-0.25, -0.2) is 4.98 Å². The Morgan fingerprint density at radius 3 is 2.56 bits per heavy atom. The van der Waals surface area contributed by atoms with E-state index in [9.17, 15) is 14.4 Å². The molecule has 0 spiro atoms. The molecule has 3 fully saturated rings. The van der Waals surface area contributed by atoms with E-state index in [-0.39, 0.29) is 41.0 Å². The van der Waals surface area contributed by atoms with Crippen molar-refractivity contribution in [2.24, 2.45) is 5.41 Å². The lowest BCUT2D eigenvalue weighted by molar-refractivity contribution is -0.138. The number of fused-ring (bicyclic) bond motifs is 1. The number of anilines is 1. The second-order valence-corrected chi connectivity index (χ2v) is 14.6. The Morgan fingerprint density at radius 2 is 1.91 bits per heavy atom. The molecule has 234 valence electrons. The molecule has 0 aliphatic carbocycles. The summed E-state index contributed by atoms with van der Waals surface area (Å²) in [7, 11) is 1.73. The lowest BCUT2D eigenvalue weighted by Gasteiger charge is -2.34. The van der Waals surface area contributed by atoms with Crippen molar-refractivity contribution in [2.45, 2.75) is 50.6 Å². The third kappa shape index (κ3) is 7.42. The normalized spacial score (nSPS) is 23.5. The van der Waals surface area contributed by atoms with Crippen LogP contribution in [0.1, 0.15) is 37.6 Å². The minimum Gasteiger partial charge on any atom is -0.383 e. The van der Waals surface area contributed by atoms with Crippen LogP contribution in [0.15, 0.2) is 29.6 Å². The topological polar surface area (TPSA) is 104 Å². The standard InChI is InChI=1S/C31H43N5O5S2/c1-31(2,3)16-22(29(39)36-17-25(42-5)27-26(36)24(37)18-41-27)32-28(38)21-8-6-20(7-9-21)23-19-43-30(33-23)35-12-10-34(11-13-35)14-15-40-4/h6-9,19,22,25-27H,10-18H2,1-5H3,(H,32,38)/t22?,25-,26+,27+/m0/s1.